The Morgan fingerprint density at radius 1 is 1.46 bits per heavy atom. The van der Waals surface area contributed by atoms with Gasteiger partial charge in [-0.25, -0.2) is 0 Å². The molecule has 0 saturated carbocycles. The van der Waals surface area contributed by atoms with Gasteiger partial charge in [0.2, 0.25) is 0 Å². The second-order valence-electron chi connectivity index (χ2n) is 3.60. The molecule has 1 saturated heterocycles. The Morgan fingerprint density at radius 2 is 2.15 bits per heavy atom. The van der Waals surface area contributed by atoms with Gasteiger partial charge < -0.3 is 0 Å². The number of nitrogens with one attached hydrogen (secondary N) is 1. The van der Waals surface area contributed by atoms with E-state index < -0.39 is 0 Å². The number of rotatable bonds is 3. The Labute approximate surface area is 89.8 Å². The van der Waals surface area contributed by atoms with Crippen LogP contribution < -0.4 is 11.3 Å². The SMILES string of the molecule is CCC(NN)C1CSC(C)C(C)S1. The quantitative estimate of drug-likeness (QED) is 0.562. The number of nitrogens with two attached hydrogens (primary N) is 1. The standard InChI is InChI=1S/C9H20N2S2/c1-4-8(11-10)9-5-12-6(2)7(3)13-9/h6-9,11H,4-5,10H2,1-3H3. The lowest BCUT2D eigenvalue weighted by Crippen LogP contribution is -2.46. The highest BCUT2D eigenvalue weighted by molar-refractivity contribution is 8.07. The highest BCUT2D eigenvalue weighted by atomic mass is 32.2. The van der Waals surface area contributed by atoms with E-state index in [9.17, 15) is 0 Å². The Kier molecular flexibility index (Phi) is 4.94. The van der Waals surface area contributed by atoms with Crippen LogP contribution in [0.2, 0.25) is 0 Å². The zero-order valence-corrected chi connectivity index (χ0v) is 10.3. The second-order valence-corrected chi connectivity index (χ2v) is 6.63. The third-order valence-electron chi connectivity index (χ3n) is 2.68. The van der Waals surface area contributed by atoms with Crippen molar-refractivity contribution in [3.05, 3.63) is 0 Å². The van der Waals surface area contributed by atoms with Crippen LogP contribution in [-0.4, -0.2) is 27.5 Å². The lowest BCUT2D eigenvalue weighted by molar-refractivity contribution is 0.510. The summed E-state index contributed by atoms with van der Waals surface area (Å²) in [6, 6.07) is 0.479. The summed E-state index contributed by atoms with van der Waals surface area (Å²) in [5.41, 5.74) is 2.92. The molecule has 1 aliphatic heterocycles. The van der Waals surface area contributed by atoms with Gasteiger partial charge in [0.15, 0.2) is 0 Å². The molecule has 78 valence electrons. The van der Waals surface area contributed by atoms with Crippen LogP contribution in [0.3, 0.4) is 0 Å². The molecule has 1 aliphatic rings. The van der Waals surface area contributed by atoms with Gasteiger partial charge in [-0.2, -0.15) is 23.5 Å². The number of hydrazine groups is 1. The average Bonchev–Trinajstić information content (AvgIpc) is 2.13. The van der Waals surface area contributed by atoms with Crippen molar-refractivity contribution in [2.75, 3.05) is 5.75 Å². The molecule has 3 N–H and O–H groups in total. The fourth-order valence-electron chi connectivity index (χ4n) is 1.51. The summed E-state index contributed by atoms with van der Waals surface area (Å²) in [5.74, 6) is 6.76. The normalized spacial score (nSPS) is 37.4. The summed E-state index contributed by atoms with van der Waals surface area (Å²) >= 11 is 4.17. The van der Waals surface area contributed by atoms with Crippen LogP contribution >= 0.6 is 23.5 Å². The molecule has 0 aromatic heterocycles. The third kappa shape index (κ3) is 3.05. The molecule has 13 heavy (non-hydrogen) atoms. The molecule has 1 fully saturated rings. The highest BCUT2D eigenvalue weighted by Crippen LogP contribution is 2.37. The lowest BCUT2D eigenvalue weighted by Gasteiger charge is -2.35. The van der Waals surface area contributed by atoms with Crippen LogP contribution in [-0.2, 0) is 0 Å². The maximum Gasteiger partial charge on any atom is 0.0334 e. The van der Waals surface area contributed by atoms with Crippen molar-refractivity contribution in [2.24, 2.45) is 5.84 Å². The average molecular weight is 220 g/mol. The fraction of sp³-hybridized carbons (Fsp3) is 1.00. The van der Waals surface area contributed by atoms with Gasteiger partial charge in [-0.3, -0.25) is 11.3 Å². The third-order valence-corrected chi connectivity index (χ3v) is 6.23. The maximum atomic E-state index is 5.52. The van der Waals surface area contributed by atoms with Crippen molar-refractivity contribution in [3.8, 4) is 0 Å². The number of thioether (sulfide) groups is 2. The van der Waals surface area contributed by atoms with Crippen molar-refractivity contribution >= 4 is 23.5 Å². The molecule has 2 nitrogen and oxygen atoms in total. The van der Waals surface area contributed by atoms with Crippen LogP contribution in [0, 0.1) is 0 Å². The van der Waals surface area contributed by atoms with Crippen molar-refractivity contribution in [3.63, 3.8) is 0 Å². The summed E-state index contributed by atoms with van der Waals surface area (Å²) in [6.45, 7) is 6.82. The minimum absolute atomic E-state index is 0.479. The molecular weight excluding hydrogens is 200 g/mol. The smallest absolute Gasteiger partial charge is 0.0334 e. The van der Waals surface area contributed by atoms with Crippen LogP contribution in [0.15, 0.2) is 0 Å². The summed E-state index contributed by atoms with van der Waals surface area (Å²) in [6.07, 6.45) is 1.12. The van der Waals surface area contributed by atoms with Gasteiger partial charge in [0.25, 0.3) is 0 Å². The Bertz CT molecular complexity index is 151. The van der Waals surface area contributed by atoms with Crippen LogP contribution in [0.1, 0.15) is 27.2 Å². The Hall–Kier alpha value is 0.620. The van der Waals surface area contributed by atoms with E-state index in [4.69, 9.17) is 5.84 Å². The van der Waals surface area contributed by atoms with Crippen molar-refractivity contribution < 1.29 is 0 Å². The van der Waals surface area contributed by atoms with Gasteiger partial charge >= 0.3 is 0 Å². The van der Waals surface area contributed by atoms with Gasteiger partial charge in [-0.1, -0.05) is 20.8 Å². The Balaban J connectivity index is 2.44. The van der Waals surface area contributed by atoms with E-state index in [0.29, 0.717) is 11.3 Å². The topological polar surface area (TPSA) is 38.0 Å². The molecule has 4 unspecified atom stereocenters. The number of hydrogen-bond donors (Lipinski definition) is 2. The molecular formula is C9H20N2S2. The molecule has 4 atom stereocenters. The van der Waals surface area contributed by atoms with Crippen LogP contribution in [0.4, 0.5) is 0 Å². The van der Waals surface area contributed by atoms with Crippen LogP contribution in [0.25, 0.3) is 0 Å². The predicted molar refractivity (Wildman–Crippen MR) is 64.2 cm³/mol. The van der Waals surface area contributed by atoms with E-state index >= 15 is 0 Å². The van der Waals surface area contributed by atoms with E-state index in [1.807, 2.05) is 0 Å². The monoisotopic (exact) mass is 220 g/mol. The van der Waals surface area contributed by atoms with Crippen molar-refractivity contribution in [1.82, 2.24) is 5.43 Å². The first kappa shape index (κ1) is 11.7. The van der Waals surface area contributed by atoms with Gasteiger partial charge in [0, 0.05) is 27.5 Å². The van der Waals surface area contributed by atoms with Crippen molar-refractivity contribution in [1.29, 1.82) is 0 Å². The molecule has 0 bridgehead atoms. The van der Waals surface area contributed by atoms with E-state index in [1.54, 1.807) is 0 Å². The fourth-order valence-corrected chi connectivity index (χ4v) is 4.71. The first-order valence-electron chi connectivity index (χ1n) is 4.92. The maximum absolute atomic E-state index is 5.52. The molecule has 0 aromatic carbocycles. The Morgan fingerprint density at radius 3 is 2.62 bits per heavy atom. The number of hydrogen-bond acceptors (Lipinski definition) is 4. The first-order chi connectivity index (χ1) is 6.19. The van der Waals surface area contributed by atoms with Gasteiger partial charge in [-0.15, -0.1) is 0 Å². The molecule has 0 aromatic rings. The summed E-state index contributed by atoms with van der Waals surface area (Å²) in [5, 5.41) is 2.23. The molecule has 4 heteroatoms. The zero-order chi connectivity index (χ0) is 9.84. The molecule has 0 amide bonds. The summed E-state index contributed by atoms with van der Waals surface area (Å²) < 4.78 is 0. The van der Waals surface area contributed by atoms with Crippen molar-refractivity contribution in [2.45, 2.75) is 49.0 Å². The molecule has 0 spiro atoms. The van der Waals surface area contributed by atoms with E-state index in [1.165, 1.54) is 5.75 Å². The second kappa shape index (κ2) is 5.49. The minimum atomic E-state index is 0.479. The summed E-state index contributed by atoms with van der Waals surface area (Å²) in [4.78, 5) is 0. The lowest BCUT2D eigenvalue weighted by atomic mass is 10.2. The molecule has 0 radical (unpaired) electrons. The van der Waals surface area contributed by atoms with Gasteiger partial charge in [0.05, 0.1) is 0 Å². The predicted octanol–water partition coefficient (Wildman–Crippen LogP) is 1.85. The minimum Gasteiger partial charge on any atom is -0.271 e. The molecule has 1 heterocycles. The van der Waals surface area contributed by atoms with E-state index in [2.05, 4.69) is 49.7 Å². The highest BCUT2D eigenvalue weighted by Gasteiger charge is 2.29. The van der Waals surface area contributed by atoms with Crippen LogP contribution in [0.5, 0.6) is 0 Å². The summed E-state index contributed by atoms with van der Waals surface area (Å²) in [7, 11) is 0. The van der Waals surface area contributed by atoms with Gasteiger partial charge in [-0.05, 0) is 6.42 Å². The largest absolute Gasteiger partial charge is 0.271 e. The van der Waals surface area contributed by atoms with E-state index in [-0.39, 0.29) is 0 Å². The molecule has 1 rings (SSSR count). The van der Waals surface area contributed by atoms with Gasteiger partial charge in [0.1, 0.15) is 0 Å². The molecule has 0 aliphatic carbocycles. The zero-order valence-electron chi connectivity index (χ0n) is 8.62. The first-order valence-corrected chi connectivity index (χ1v) is 6.91. The van der Waals surface area contributed by atoms with E-state index in [0.717, 1.165) is 16.9 Å².